The molecule has 2 heterocycles. The zero-order chi connectivity index (χ0) is 18.5. The number of hydrogen-bond donors (Lipinski definition) is 1. The molecule has 1 aliphatic heterocycles. The van der Waals surface area contributed by atoms with Gasteiger partial charge in [-0.2, -0.15) is 0 Å². The zero-order valence-corrected chi connectivity index (χ0v) is 16.2. The lowest BCUT2D eigenvalue weighted by molar-refractivity contribution is -0.124. The summed E-state index contributed by atoms with van der Waals surface area (Å²) in [6, 6.07) is 12.0. The molecule has 0 fully saturated rings. The third-order valence-electron chi connectivity index (χ3n) is 5.18. The van der Waals surface area contributed by atoms with E-state index in [1.165, 1.54) is 4.88 Å². The monoisotopic (exact) mass is 370 g/mol. The number of hydrogen-bond acceptors (Lipinski definition) is 3. The SMILES string of the molecule is CCC(CC)C(NC(=O)CN1C(=O)CCc2ccccc21)c1cccs1. The minimum Gasteiger partial charge on any atom is -0.347 e. The highest BCUT2D eigenvalue weighted by atomic mass is 32.1. The van der Waals surface area contributed by atoms with Crippen molar-refractivity contribution in [1.29, 1.82) is 0 Å². The Labute approximate surface area is 159 Å². The molecule has 1 aromatic carbocycles. The van der Waals surface area contributed by atoms with Crippen molar-refractivity contribution in [2.24, 2.45) is 5.92 Å². The molecule has 0 saturated heterocycles. The Morgan fingerprint density at radius 2 is 1.92 bits per heavy atom. The summed E-state index contributed by atoms with van der Waals surface area (Å²) in [6.45, 7) is 4.40. The van der Waals surface area contributed by atoms with Crippen LogP contribution in [-0.4, -0.2) is 18.4 Å². The van der Waals surface area contributed by atoms with Crippen molar-refractivity contribution in [3.05, 3.63) is 52.2 Å². The predicted octanol–water partition coefficient (Wildman–Crippen LogP) is 4.32. The standard InChI is InChI=1S/C21H26N2O2S/c1-3-15(4-2)21(18-10-7-13-26-18)22-19(24)14-23-17-9-6-5-8-16(17)11-12-20(23)25/h5-10,13,15,21H,3-4,11-12,14H2,1-2H3,(H,22,24). The molecule has 0 spiro atoms. The van der Waals surface area contributed by atoms with Gasteiger partial charge >= 0.3 is 0 Å². The van der Waals surface area contributed by atoms with Crippen LogP contribution in [0.5, 0.6) is 0 Å². The number of nitrogens with zero attached hydrogens (tertiary/aromatic N) is 1. The second-order valence-electron chi connectivity index (χ2n) is 6.75. The van der Waals surface area contributed by atoms with Gasteiger partial charge in [-0.05, 0) is 35.4 Å². The van der Waals surface area contributed by atoms with Gasteiger partial charge < -0.3 is 10.2 Å². The van der Waals surface area contributed by atoms with Gasteiger partial charge in [-0.1, -0.05) is 51.0 Å². The summed E-state index contributed by atoms with van der Waals surface area (Å²) in [5.41, 5.74) is 2.00. The second-order valence-corrected chi connectivity index (χ2v) is 7.73. The van der Waals surface area contributed by atoms with E-state index in [0.29, 0.717) is 12.3 Å². The van der Waals surface area contributed by atoms with Crippen molar-refractivity contribution >= 4 is 28.8 Å². The van der Waals surface area contributed by atoms with Gasteiger partial charge in [0.25, 0.3) is 0 Å². The molecular formula is C21H26N2O2S. The second kappa shape index (κ2) is 8.49. The van der Waals surface area contributed by atoms with Crippen LogP contribution in [0.3, 0.4) is 0 Å². The van der Waals surface area contributed by atoms with Crippen LogP contribution >= 0.6 is 11.3 Å². The lowest BCUT2D eigenvalue weighted by Gasteiger charge is -2.31. The third kappa shape index (κ3) is 3.98. The average Bonchev–Trinajstić information content (AvgIpc) is 3.19. The maximum atomic E-state index is 12.8. The Balaban J connectivity index is 1.76. The molecule has 3 rings (SSSR count). The molecule has 0 aliphatic carbocycles. The van der Waals surface area contributed by atoms with E-state index in [-0.39, 0.29) is 24.4 Å². The van der Waals surface area contributed by atoms with Crippen molar-refractivity contribution < 1.29 is 9.59 Å². The number of rotatable bonds is 7. The molecule has 2 amide bonds. The van der Waals surface area contributed by atoms with Crippen LogP contribution < -0.4 is 10.2 Å². The van der Waals surface area contributed by atoms with Crippen LogP contribution in [0.1, 0.15) is 49.6 Å². The van der Waals surface area contributed by atoms with E-state index in [1.807, 2.05) is 35.7 Å². The molecule has 4 nitrogen and oxygen atoms in total. The van der Waals surface area contributed by atoms with E-state index < -0.39 is 0 Å². The molecule has 1 aliphatic rings. The number of carbonyl (C=O) groups excluding carboxylic acids is 2. The number of fused-ring (bicyclic) bond motifs is 1. The number of anilines is 1. The highest BCUT2D eigenvalue weighted by molar-refractivity contribution is 7.10. The Hall–Kier alpha value is -2.14. The van der Waals surface area contributed by atoms with E-state index in [9.17, 15) is 9.59 Å². The Bertz CT molecular complexity index is 753. The van der Waals surface area contributed by atoms with Crippen molar-refractivity contribution in [3.63, 3.8) is 0 Å². The Morgan fingerprint density at radius 3 is 2.62 bits per heavy atom. The molecule has 0 bridgehead atoms. The summed E-state index contributed by atoms with van der Waals surface area (Å²) in [7, 11) is 0. The summed E-state index contributed by atoms with van der Waals surface area (Å²) < 4.78 is 0. The number of para-hydroxylation sites is 1. The van der Waals surface area contributed by atoms with Gasteiger partial charge in [0.05, 0.1) is 6.04 Å². The number of amides is 2. The summed E-state index contributed by atoms with van der Waals surface area (Å²) in [5.74, 6) is 0.316. The van der Waals surface area contributed by atoms with Gasteiger partial charge in [0.1, 0.15) is 6.54 Å². The van der Waals surface area contributed by atoms with Crippen LogP contribution in [0.15, 0.2) is 41.8 Å². The first-order chi connectivity index (χ1) is 12.6. The van der Waals surface area contributed by atoms with E-state index >= 15 is 0 Å². The zero-order valence-electron chi connectivity index (χ0n) is 15.4. The van der Waals surface area contributed by atoms with E-state index in [4.69, 9.17) is 0 Å². The molecule has 138 valence electrons. The summed E-state index contributed by atoms with van der Waals surface area (Å²) in [4.78, 5) is 28.0. The predicted molar refractivity (Wildman–Crippen MR) is 106 cm³/mol. The fourth-order valence-corrected chi connectivity index (χ4v) is 4.55. The van der Waals surface area contributed by atoms with E-state index in [1.54, 1.807) is 16.2 Å². The third-order valence-corrected chi connectivity index (χ3v) is 6.14. The van der Waals surface area contributed by atoms with Crippen LogP contribution in [0.2, 0.25) is 0 Å². The van der Waals surface area contributed by atoms with Gasteiger partial charge in [-0.3, -0.25) is 9.59 Å². The number of benzene rings is 1. The first kappa shape index (κ1) is 18.6. The molecule has 2 aromatic rings. The van der Waals surface area contributed by atoms with Gasteiger partial charge in [-0.25, -0.2) is 0 Å². The highest BCUT2D eigenvalue weighted by Crippen LogP contribution is 2.31. The minimum atomic E-state index is -0.0969. The molecule has 1 aromatic heterocycles. The molecule has 0 saturated carbocycles. The fraction of sp³-hybridized carbons (Fsp3) is 0.429. The minimum absolute atomic E-state index is 0.00707. The lowest BCUT2D eigenvalue weighted by Crippen LogP contribution is -2.44. The molecule has 5 heteroatoms. The number of aryl methyl sites for hydroxylation is 1. The molecular weight excluding hydrogens is 344 g/mol. The molecule has 1 unspecified atom stereocenters. The van der Waals surface area contributed by atoms with Crippen LogP contribution in [0, 0.1) is 5.92 Å². The van der Waals surface area contributed by atoms with Gasteiger partial charge in [-0.15, -0.1) is 11.3 Å². The van der Waals surface area contributed by atoms with Gasteiger partial charge in [0, 0.05) is 17.0 Å². The molecule has 0 radical (unpaired) electrons. The molecule has 1 N–H and O–H groups in total. The first-order valence-electron chi connectivity index (χ1n) is 9.35. The van der Waals surface area contributed by atoms with Crippen molar-refractivity contribution in [3.8, 4) is 0 Å². The number of thiophene rings is 1. The maximum absolute atomic E-state index is 12.8. The summed E-state index contributed by atoms with van der Waals surface area (Å²) in [5, 5.41) is 5.24. The number of nitrogens with one attached hydrogen (secondary N) is 1. The Kier molecular flexibility index (Phi) is 6.09. The van der Waals surface area contributed by atoms with E-state index in [0.717, 1.165) is 30.5 Å². The first-order valence-corrected chi connectivity index (χ1v) is 10.2. The van der Waals surface area contributed by atoms with Gasteiger partial charge in [0.2, 0.25) is 11.8 Å². The number of carbonyl (C=O) groups is 2. The smallest absolute Gasteiger partial charge is 0.240 e. The highest BCUT2D eigenvalue weighted by Gasteiger charge is 2.28. The van der Waals surface area contributed by atoms with Crippen LogP contribution in [-0.2, 0) is 16.0 Å². The van der Waals surface area contributed by atoms with Crippen LogP contribution in [0.25, 0.3) is 0 Å². The average molecular weight is 371 g/mol. The summed E-state index contributed by atoms with van der Waals surface area (Å²) in [6.07, 6.45) is 3.22. The lowest BCUT2D eigenvalue weighted by atomic mass is 9.93. The topological polar surface area (TPSA) is 49.4 Å². The fourth-order valence-electron chi connectivity index (χ4n) is 3.68. The molecule has 1 atom stereocenters. The maximum Gasteiger partial charge on any atom is 0.240 e. The van der Waals surface area contributed by atoms with Crippen LogP contribution in [0.4, 0.5) is 5.69 Å². The largest absolute Gasteiger partial charge is 0.347 e. The summed E-state index contributed by atoms with van der Waals surface area (Å²) >= 11 is 1.67. The van der Waals surface area contributed by atoms with Crippen molar-refractivity contribution in [2.75, 3.05) is 11.4 Å². The van der Waals surface area contributed by atoms with Crippen molar-refractivity contribution in [1.82, 2.24) is 5.32 Å². The quantitative estimate of drug-likeness (QED) is 0.789. The Morgan fingerprint density at radius 1 is 1.15 bits per heavy atom. The molecule has 26 heavy (non-hydrogen) atoms. The van der Waals surface area contributed by atoms with Gasteiger partial charge in [0.15, 0.2) is 0 Å². The van der Waals surface area contributed by atoms with E-state index in [2.05, 4.69) is 25.2 Å². The van der Waals surface area contributed by atoms with Crippen molar-refractivity contribution in [2.45, 2.75) is 45.6 Å². The normalized spacial score (nSPS) is 15.0.